The Labute approximate surface area is 90.5 Å². The van der Waals surface area contributed by atoms with Crippen LogP contribution >= 0.6 is 12.2 Å². The van der Waals surface area contributed by atoms with Crippen LogP contribution in [0.15, 0.2) is 30.3 Å². The van der Waals surface area contributed by atoms with Gasteiger partial charge in [0.2, 0.25) is 0 Å². The van der Waals surface area contributed by atoms with Crippen molar-refractivity contribution in [1.82, 2.24) is 0 Å². The van der Waals surface area contributed by atoms with Gasteiger partial charge in [0.05, 0.1) is 6.61 Å². The van der Waals surface area contributed by atoms with E-state index in [1.54, 1.807) is 0 Å². The second kappa shape index (κ2) is 5.60. The van der Waals surface area contributed by atoms with Gasteiger partial charge in [-0.1, -0.05) is 25.1 Å². The summed E-state index contributed by atoms with van der Waals surface area (Å²) in [4.78, 5) is 1.87. The van der Waals surface area contributed by atoms with E-state index in [0.29, 0.717) is 11.8 Å². The van der Waals surface area contributed by atoms with Crippen LogP contribution < -0.4 is 4.90 Å². The third-order valence-electron chi connectivity index (χ3n) is 1.85. The standard InChI is InChI=1S/C11H15NOS/c1-3-9-13-11(14)12(2)10-7-5-4-6-8-10/h4-8H,3,9H2,1-2H3. The molecule has 0 aliphatic carbocycles. The van der Waals surface area contributed by atoms with Crippen LogP contribution in [0.3, 0.4) is 0 Å². The van der Waals surface area contributed by atoms with E-state index >= 15 is 0 Å². The molecule has 0 N–H and O–H groups in total. The molecule has 0 atom stereocenters. The highest BCUT2D eigenvalue weighted by atomic mass is 32.1. The summed E-state index contributed by atoms with van der Waals surface area (Å²) >= 11 is 5.13. The molecule has 0 aliphatic heterocycles. The molecule has 3 heteroatoms. The van der Waals surface area contributed by atoms with Crippen LogP contribution in [0.1, 0.15) is 13.3 Å². The first-order valence-corrected chi connectivity index (χ1v) is 5.12. The molecule has 0 aromatic heterocycles. The molecule has 0 amide bonds. The molecule has 1 aromatic rings. The molecular formula is C11H15NOS. The van der Waals surface area contributed by atoms with E-state index in [-0.39, 0.29) is 0 Å². The predicted octanol–water partition coefficient (Wildman–Crippen LogP) is 2.83. The first kappa shape index (κ1) is 11.0. The summed E-state index contributed by atoms with van der Waals surface area (Å²) in [6.45, 7) is 2.74. The molecule has 0 bridgehead atoms. The number of rotatable bonds is 3. The maximum Gasteiger partial charge on any atom is 0.263 e. The maximum atomic E-state index is 5.36. The second-order valence-corrected chi connectivity index (χ2v) is 3.36. The summed E-state index contributed by atoms with van der Waals surface area (Å²) in [5.41, 5.74) is 1.05. The van der Waals surface area contributed by atoms with E-state index in [1.165, 1.54) is 0 Å². The Kier molecular flexibility index (Phi) is 4.40. The van der Waals surface area contributed by atoms with Crippen molar-refractivity contribution in [3.8, 4) is 0 Å². The van der Waals surface area contributed by atoms with Gasteiger partial charge in [-0.05, 0) is 30.8 Å². The number of anilines is 1. The lowest BCUT2D eigenvalue weighted by Gasteiger charge is -2.19. The number of nitrogens with zero attached hydrogens (tertiary/aromatic N) is 1. The fraction of sp³-hybridized carbons (Fsp3) is 0.364. The zero-order chi connectivity index (χ0) is 10.4. The minimum Gasteiger partial charge on any atom is -0.471 e. The van der Waals surface area contributed by atoms with Gasteiger partial charge < -0.3 is 9.64 Å². The first-order valence-electron chi connectivity index (χ1n) is 4.71. The molecule has 0 saturated heterocycles. The summed E-state index contributed by atoms with van der Waals surface area (Å²) in [5, 5.41) is 0.526. The van der Waals surface area contributed by atoms with E-state index in [2.05, 4.69) is 6.92 Å². The molecule has 0 aliphatic rings. The largest absolute Gasteiger partial charge is 0.471 e. The number of hydrogen-bond donors (Lipinski definition) is 0. The highest BCUT2D eigenvalue weighted by Gasteiger charge is 2.06. The summed E-state index contributed by atoms with van der Waals surface area (Å²) in [7, 11) is 1.91. The fourth-order valence-corrected chi connectivity index (χ4v) is 1.23. The minimum absolute atomic E-state index is 0.526. The van der Waals surface area contributed by atoms with E-state index in [1.807, 2.05) is 42.3 Å². The molecule has 76 valence electrons. The van der Waals surface area contributed by atoms with Crippen LogP contribution in [-0.2, 0) is 4.74 Å². The zero-order valence-electron chi connectivity index (χ0n) is 8.56. The maximum absolute atomic E-state index is 5.36. The Morgan fingerprint density at radius 1 is 1.36 bits per heavy atom. The lowest BCUT2D eigenvalue weighted by molar-refractivity contribution is 0.306. The molecule has 0 saturated carbocycles. The van der Waals surface area contributed by atoms with Gasteiger partial charge in [-0.3, -0.25) is 0 Å². The number of thiocarbonyl (C=S) groups is 1. The normalized spacial score (nSPS) is 9.57. The van der Waals surface area contributed by atoms with E-state index < -0.39 is 0 Å². The van der Waals surface area contributed by atoms with Crippen LogP contribution in [0.4, 0.5) is 5.69 Å². The van der Waals surface area contributed by atoms with Gasteiger partial charge in [-0.2, -0.15) is 0 Å². The van der Waals surface area contributed by atoms with Gasteiger partial charge in [-0.15, -0.1) is 0 Å². The number of benzene rings is 1. The van der Waals surface area contributed by atoms with Crippen molar-refractivity contribution in [3.05, 3.63) is 30.3 Å². The van der Waals surface area contributed by atoms with Crippen LogP contribution in [-0.4, -0.2) is 18.8 Å². The Bertz CT molecular complexity index is 287. The second-order valence-electron chi connectivity index (χ2n) is 3.01. The minimum atomic E-state index is 0.526. The molecule has 0 radical (unpaired) electrons. The fourth-order valence-electron chi connectivity index (χ4n) is 1.04. The Morgan fingerprint density at radius 3 is 2.57 bits per heavy atom. The molecule has 14 heavy (non-hydrogen) atoms. The van der Waals surface area contributed by atoms with Crippen molar-refractivity contribution >= 4 is 23.1 Å². The van der Waals surface area contributed by atoms with E-state index in [9.17, 15) is 0 Å². The summed E-state index contributed by atoms with van der Waals surface area (Å²) in [6, 6.07) is 9.94. The molecule has 2 nitrogen and oxygen atoms in total. The van der Waals surface area contributed by atoms with Gasteiger partial charge in [0.1, 0.15) is 0 Å². The van der Waals surface area contributed by atoms with Crippen LogP contribution in [0.25, 0.3) is 0 Å². The Morgan fingerprint density at radius 2 is 2.00 bits per heavy atom. The quantitative estimate of drug-likeness (QED) is 0.710. The predicted molar refractivity (Wildman–Crippen MR) is 63.7 cm³/mol. The van der Waals surface area contributed by atoms with E-state index in [4.69, 9.17) is 17.0 Å². The molecule has 0 spiro atoms. The van der Waals surface area contributed by atoms with E-state index in [0.717, 1.165) is 12.1 Å². The van der Waals surface area contributed by atoms with Crippen LogP contribution in [0.2, 0.25) is 0 Å². The van der Waals surface area contributed by atoms with Crippen molar-refractivity contribution in [2.45, 2.75) is 13.3 Å². The first-order chi connectivity index (χ1) is 6.75. The van der Waals surface area contributed by atoms with Gasteiger partial charge in [-0.25, -0.2) is 0 Å². The monoisotopic (exact) mass is 209 g/mol. The highest BCUT2D eigenvalue weighted by Crippen LogP contribution is 2.12. The summed E-state index contributed by atoms with van der Waals surface area (Å²) in [5.74, 6) is 0. The Hall–Kier alpha value is -1.09. The molecule has 0 heterocycles. The lowest BCUT2D eigenvalue weighted by Crippen LogP contribution is -2.26. The summed E-state index contributed by atoms with van der Waals surface area (Å²) < 4.78 is 5.36. The van der Waals surface area contributed by atoms with Crippen molar-refractivity contribution < 1.29 is 4.74 Å². The average molecular weight is 209 g/mol. The topological polar surface area (TPSA) is 12.5 Å². The summed E-state index contributed by atoms with van der Waals surface area (Å²) in [6.07, 6.45) is 0.975. The van der Waals surface area contributed by atoms with Crippen molar-refractivity contribution in [1.29, 1.82) is 0 Å². The third kappa shape index (κ3) is 3.00. The van der Waals surface area contributed by atoms with Crippen LogP contribution in [0.5, 0.6) is 0 Å². The SMILES string of the molecule is CCCOC(=S)N(C)c1ccccc1. The van der Waals surface area contributed by atoms with Crippen molar-refractivity contribution in [3.63, 3.8) is 0 Å². The van der Waals surface area contributed by atoms with Gasteiger partial charge >= 0.3 is 0 Å². The van der Waals surface area contributed by atoms with Crippen LogP contribution in [0, 0.1) is 0 Å². The highest BCUT2D eigenvalue weighted by molar-refractivity contribution is 7.80. The molecule has 0 unspecified atom stereocenters. The number of hydrogen-bond acceptors (Lipinski definition) is 2. The van der Waals surface area contributed by atoms with Gasteiger partial charge in [0, 0.05) is 12.7 Å². The zero-order valence-corrected chi connectivity index (χ0v) is 9.38. The lowest BCUT2D eigenvalue weighted by atomic mass is 10.3. The van der Waals surface area contributed by atoms with Gasteiger partial charge in [0.15, 0.2) is 0 Å². The number of ether oxygens (including phenoxy) is 1. The van der Waals surface area contributed by atoms with Gasteiger partial charge in [0.25, 0.3) is 5.17 Å². The Balaban J connectivity index is 2.57. The molecule has 1 aromatic carbocycles. The molecule has 1 rings (SSSR count). The smallest absolute Gasteiger partial charge is 0.263 e. The third-order valence-corrected chi connectivity index (χ3v) is 2.24. The average Bonchev–Trinajstić information content (AvgIpc) is 2.26. The number of para-hydroxylation sites is 1. The van der Waals surface area contributed by atoms with Crippen molar-refractivity contribution in [2.24, 2.45) is 0 Å². The van der Waals surface area contributed by atoms with Crippen molar-refractivity contribution in [2.75, 3.05) is 18.6 Å². The molecule has 0 fully saturated rings. The molecular weight excluding hydrogens is 194 g/mol.